The van der Waals surface area contributed by atoms with E-state index in [1.54, 1.807) is 13.8 Å². The molecule has 0 saturated heterocycles. The fourth-order valence-electron chi connectivity index (χ4n) is 2.14. The van der Waals surface area contributed by atoms with Crippen molar-refractivity contribution in [2.45, 2.75) is 57.4 Å². The summed E-state index contributed by atoms with van der Waals surface area (Å²) in [6, 6.07) is 6.54. The van der Waals surface area contributed by atoms with E-state index in [0.29, 0.717) is 13.0 Å². The predicted octanol–water partition coefficient (Wildman–Crippen LogP) is 3.85. The molecule has 0 aliphatic carbocycles. The van der Waals surface area contributed by atoms with Gasteiger partial charge < -0.3 is 10.5 Å². The number of nitrogens with two attached hydrogens (primary N) is 1. The van der Waals surface area contributed by atoms with Crippen LogP contribution in [0.3, 0.4) is 0 Å². The van der Waals surface area contributed by atoms with Crippen LogP contribution in [0.25, 0.3) is 0 Å². The molecule has 1 aromatic carbocycles. The van der Waals surface area contributed by atoms with Crippen molar-refractivity contribution in [3.63, 3.8) is 0 Å². The van der Waals surface area contributed by atoms with Crippen LogP contribution in [0.2, 0.25) is 0 Å². The summed E-state index contributed by atoms with van der Waals surface area (Å²) in [6.45, 7) is 8.19. The van der Waals surface area contributed by atoms with Crippen molar-refractivity contribution in [2.24, 2.45) is 5.73 Å². The van der Waals surface area contributed by atoms with Crippen LogP contribution >= 0.6 is 11.8 Å². The third-order valence-corrected chi connectivity index (χ3v) is 4.68. The molecule has 4 heteroatoms. The Morgan fingerprint density at radius 3 is 2.67 bits per heavy atom. The van der Waals surface area contributed by atoms with E-state index in [1.165, 1.54) is 16.0 Å². The van der Waals surface area contributed by atoms with E-state index in [-0.39, 0.29) is 5.97 Å². The highest BCUT2D eigenvalue weighted by molar-refractivity contribution is 7.99. The molecule has 0 fully saturated rings. The normalized spacial score (nSPS) is 13.8. The number of benzene rings is 1. The molecule has 1 aromatic rings. The monoisotopic (exact) mass is 309 g/mol. The zero-order valence-corrected chi connectivity index (χ0v) is 14.4. The molecule has 0 amide bonds. The Morgan fingerprint density at radius 1 is 1.33 bits per heavy atom. The number of rotatable bonds is 8. The maximum atomic E-state index is 11.7. The number of thioether (sulfide) groups is 1. The molecule has 0 aromatic heterocycles. The number of ether oxygens (including phenoxy) is 1. The van der Waals surface area contributed by atoms with Crippen LogP contribution in [0.4, 0.5) is 0 Å². The number of hydrogen-bond acceptors (Lipinski definition) is 4. The summed E-state index contributed by atoms with van der Waals surface area (Å²) >= 11 is 1.87. The van der Waals surface area contributed by atoms with Crippen LogP contribution in [-0.4, -0.2) is 23.9 Å². The second-order valence-corrected chi connectivity index (χ2v) is 6.85. The van der Waals surface area contributed by atoms with Crippen molar-refractivity contribution in [3.8, 4) is 0 Å². The predicted molar refractivity (Wildman–Crippen MR) is 89.7 cm³/mol. The molecular weight excluding hydrogens is 282 g/mol. The van der Waals surface area contributed by atoms with E-state index in [1.807, 2.05) is 11.8 Å². The largest absolute Gasteiger partial charge is 0.465 e. The lowest BCUT2D eigenvalue weighted by Gasteiger charge is -2.21. The van der Waals surface area contributed by atoms with Gasteiger partial charge in [-0.25, -0.2) is 0 Å². The van der Waals surface area contributed by atoms with Gasteiger partial charge in [0.25, 0.3) is 0 Å². The number of esters is 1. The minimum atomic E-state index is -0.861. The van der Waals surface area contributed by atoms with E-state index in [9.17, 15) is 4.79 Å². The molecule has 0 heterocycles. The molecule has 1 atom stereocenters. The lowest BCUT2D eigenvalue weighted by molar-refractivity contribution is -0.149. The van der Waals surface area contributed by atoms with Gasteiger partial charge in [-0.05, 0) is 57.9 Å². The number of carbonyl (C=O) groups is 1. The first-order valence-corrected chi connectivity index (χ1v) is 8.51. The van der Waals surface area contributed by atoms with Crippen molar-refractivity contribution < 1.29 is 9.53 Å². The van der Waals surface area contributed by atoms with Gasteiger partial charge in [-0.15, -0.1) is 11.8 Å². The fraction of sp³-hybridized carbons (Fsp3) is 0.588. The quantitative estimate of drug-likeness (QED) is 0.450. The fourth-order valence-corrected chi connectivity index (χ4v) is 3.15. The Labute approximate surface area is 132 Å². The number of hydrogen-bond donors (Lipinski definition) is 1. The van der Waals surface area contributed by atoms with Gasteiger partial charge in [-0.2, -0.15) is 0 Å². The van der Waals surface area contributed by atoms with Crippen molar-refractivity contribution >= 4 is 17.7 Å². The van der Waals surface area contributed by atoms with Crippen molar-refractivity contribution in [2.75, 3.05) is 12.4 Å². The molecular formula is C17H27NO2S. The van der Waals surface area contributed by atoms with Crippen LogP contribution in [0.5, 0.6) is 0 Å². The topological polar surface area (TPSA) is 52.3 Å². The number of carbonyl (C=O) groups excluding carboxylic acids is 1. The van der Waals surface area contributed by atoms with E-state index in [4.69, 9.17) is 10.5 Å². The summed E-state index contributed by atoms with van der Waals surface area (Å²) in [5.74, 6) is 0.745. The smallest absolute Gasteiger partial charge is 0.325 e. The van der Waals surface area contributed by atoms with Crippen LogP contribution in [0, 0.1) is 13.8 Å². The Morgan fingerprint density at radius 2 is 2.05 bits per heavy atom. The van der Waals surface area contributed by atoms with Gasteiger partial charge in [0.1, 0.15) is 5.54 Å². The molecule has 1 unspecified atom stereocenters. The Balaban J connectivity index is 2.30. The zero-order chi connectivity index (χ0) is 15.9. The van der Waals surface area contributed by atoms with Crippen LogP contribution in [0.1, 0.15) is 44.2 Å². The molecule has 1 rings (SSSR count). The lowest BCUT2D eigenvalue weighted by Crippen LogP contribution is -2.46. The minimum absolute atomic E-state index is 0.299. The molecule has 0 radical (unpaired) electrons. The van der Waals surface area contributed by atoms with Crippen LogP contribution in [0.15, 0.2) is 23.1 Å². The molecule has 3 nitrogen and oxygen atoms in total. The Bertz CT molecular complexity index is 472. The summed E-state index contributed by atoms with van der Waals surface area (Å²) < 4.78 is 4.99. The lowest BCUT2D eigenvalue weighted by atomic mass is 9.96. The Kier molecular flexibility index (Phi) is 7.26. The molecule has 21 heavy (non-hydrogen) atoms. The summed E-state index contributed by atoms with van der Waals surface area (Å²) in [6.07, 6.45) is 2.65. The van der Waals surface area contributed by atoms with Gasteiger partial charge in [-0.1, -0.05) is 24.1 Å². The van der Waals surface area contributed by atoms with Gasteiger partial charge >= 0.3 is 5.97 Å². The highest BCUT2D eigenvalue weighted by atomic mass is 32.2. The van der Waals surface area contributed by atoms with Gasteiger partial charge in [0, 0.05) is 4.90 Å². The molecule has 118 valence electrons. The highest BCUT2D eigenvalue weighted by Crippen LogP contribution is 2.25. The van der Waals surface area contributed by atoms with Gasteiger partial charge in [0.05, 0.1) is 6.61 Å². The van der Waals surface area contributed by atoms with E-state index in [2.05, 4.69) is 32.0 Å². The van der Waals surface area contributed by atoms with Crippen molar-refractivity contribution in [1.82, 2.24) is 0 Å². The summed E-state index contributed by atoms with van der Waals surface area (Å²) in [5, 5.41) is 0. The summed E-state index contributed by atoms with van der Waals surface area (Å²) in [5.41, 5.74) is 7.76. The van der Waals surface area contributed by atoms with Crippen molar-refractivity contribution in [1.29, 1.82) is 0 Å². The maximum absolute atomic E-state index is 11.7. The first-order valence-electron chi connectivity index (χ1n) is 7.53. The average molecular weight is 309 g/mol. The first kappa shape index (κ1) is 18.1. The summed E-state index contributed by atoms with van der Waals surface area (Å²) in [4.78, 5) is 13.0. The van der Waals surface area contributed by atoms with Gasteiger partial charge in [0.15, 0.2) is 0 Å². The van der Waals surface area contributed by atoms with Gasteiger partial charge in [-0.3, -0.25) is 4.79 Å². The molecule has 0 aliphatic rings. The average Bonchev–Trinajstić information content (AvgIpc) is 2.40. The van der Waals surface area contributed by atoms with E-state index >= 15 is 0 Å². The second-order valence-electron chi connectivity index (χ2n) is 5.71. The minimum Gasteiger partial charge on any atom is -0.465 e. The van der Waals surface area contributed by atoms with E-state index < -0.39 is 5.54 Å². The Hall–Kier alpha value is -1.00. The summed E-state index contributed by atoms with van der Waals surface area (Å²) in [7, 11) is 0. The van der Waals surface area contributed by atoms with Crippen LogP contribution < -0.4 is 5.73 Å². The third kappa shape index (κ3) is 6.10. The SMILES string of the molecule is CCOC(=O)C(C)(N)CCCCSc1ccc(C)cc1C. The molecule has 2 N–H and O–H groups in total. The van der Waals surface area contributed by atoms with Crippen LogP contribution in [-0.2, 0) is 9.53 Å². The molecule has 0 bridgehead atoms. The van der Waals surface area contributed by atoms with E-state index in [0.717, 1.165) is 18.6 Å². The highest BCUT2D eigenvalue weighted by Gasteiger charge is 2.28. The van der Waals surface area contributed by atoms with Gasteiger partial charge in [0.2, 0.25) is 0 Å². The third-order valence-electron chi connectivity index (χ3n) is 3.42. The van der Waals surface area contributed by atoms with Crippen molar-refractivity contribution in [3.05, 3.63) is 29.3 Å². The molecule has 0 spiro atoms. The standard InChI is InChI=1S/C17H27NO2S/c1-5-20-16(19)17(4,18)10-6-7-11-21-15-9-8-13(2)12-14(15)3/h8-9,12H,5-7,10-11,18H2,1-4H3. The maximum Gasteiger partial charge on any atom is 0.325 e. The number of unbranched alkanes of at least 4 members (excludes halogenated alkanes) is 1. The molecule has 0 saturated carbocycles. The second kappa shape index (κ2) is 8.44. The number of aryl methyl sites for hydroxylation is 2. The molecule has 0 aliphatic heterocycles. The first-order chi connectivity index (χ1) is 9.86. The zero-order valence-electron chi connectivity index (χ0n) is 13.6.